The summed E-state index contributed by atoms with van der Waals surface area (Å²) >= 11 is 0. The van der Waals surface area contributed by atoms with E-state index in [0.29, 0.717) is 6.61 Å². The number of aromatic nitrogens is 2. The Morgan fingerprint density at radius 2 is 1.88 bits per heavy atom. The highest BCUT2D eigenvalue weighted by Crippen LogP contribution is 2.29. The van der Waals surface area contributed by atoms with Gasteiger partial charge in [0.2, 0.25) is 0 Å². The lowest BCUT2D eigenvalue weighted by molar-refractivity contribution is 0.295. The van der Waals surface area contributed by atoms with Crippen LogP contribution in [0.15, 0.2) is 24.3 Å². The number of hydrogen-bond donors (Lipinski definition) is 1. The number of piperazine rings is 1. The Bertz CT molecular complexity index is 708. The fourth-order valence-electron chi connectivity index (χ4n) is 3.45. The second-order valence-corrected chi connectivity index (χ2v) is 6.58. The Hall–Kier alpha value is -2.14. The first kappa shape index (κ1) is 15.4. The van der Waals surface area contributed by atoms with Crippen molar-refractivity contribution >= 4 is 5.82 Å². The van der Waals surface area contributed by atoms with E-state index in [-0.39, 0.29) is 0 Å². The molecule has 126 valence electrons. The van der Waals surface area contributed by atoms with Crippen LogP contribution in [0.25, 0.3) is 0 Å². The zero-order valence-electron chi connectivity index (χ0n) is 14.2. The SMILES string of the molecule is Cc1ccc(OCc2nc3c(c(N4CCNCC4)n2)CCC3)cc1. The number of rotatable bonds is 4. The summed E-state index contributed by atoms with van der Waals surface area (Å²) in [6, 6.07) is 8.12. The smallest absolute Gasteiger partial charge is 0.168 e. The molecule has 0 radical (unpaired) electrons. The van der Waals surface area contributed by atoms with E-state index in [9.17, 15) is 0 Å². The fourth-order valence-corrected chi connectivity index (χ4v) is 3.45. The predicted molar refractivity (Wildman–Crippen MR) is 94.7 cm³/mol. The Morgan fingerprint density at radius 1 is 1.08 bits per heavy atom. The lowest BCUT2D eigenvalue weighted by Gasteiger charge is -2.30. The van der Waals surface area contributed by atoms with E-state index in [1.165, 1.54) is 23.2 Å². The normalized spacial score (nSPS) is 17.0. The van der Waals surface area contributed by atoms with Gasteiger partial charge in [0.15, 0.2) is 5.82 Å². The molecule has 2 heterocycles. The maximum absolute atomic E-state index is 5.89. The maximum atomic E-state index is 5.89. The number of aryl methyl sites for hydroxylation is 2. The van der Waals surface area contributed by atoms with Crippen molar-refractivity contribution in [3.63, 3.8) is 0 Å². The molecule has 1 fully saturated rings. The van der Waals surface area contributed by atoms with E-state index < -0.39 is 0 Å². The van der Waals surface area contributed by atoms with Crippen molar-refractivity contribution in [1.29, 1.82) is 0 Å². The second-order valence-electron chi connectivity index (χ2n) is 6.58. The van der Waals surface area contributed by atoms with Crippen LogP contribution >= 0.6 is 0 Å². The van der Waals surface area contributed by atoms with E-state index in [2.05, 4.69) is 29.3 Å². The Balaban J connectivity index is 1.55. The second kappa shape index (κ2) is 6.77. The molecule has 1 aliphatic heterocycles. The van der Waals surface area contributed by atoms with Crippen molar-refractivity contribution in [3.8, 4) is 5.75 Å². The molecule has 4 rings (SSSR count). The molecule has 0 bridgehead atoms. The van der Waals surface area contributed by atoms with Crippen LogP contribution in [0, 0.1) is 6.92 Å². The van der Waals surface area contributed by atoms with Gasteiger partial charge in [0.05, 0.1) is 0 Å². The van der Waals surface area contributed by atoms with E-state index in [0.717, 1.165) is 56.4 Å². The fraction of sp³-hybridized carbons (Fsp3) is 0.474. The number of hydrogen-bond acceptors (Lipinski definition) is 5. The van der Waals surface area contributed by atoms with E-state index in [4.69, 9.17) is 14.7 Å². The molecule has 5 nitrogen and oxygen atoms in total. The highest BCUT2D eigenvalue weighted by Gasteiger charge is 2.24. The average molecular weight is 324 g/mol. The Morgan fingerprint density at radius 3 is 2.67 bits per heavy atom. The van der Waals surface area contributed by atoms with E-state index >= 15 is 0 Å². The van der Waals surface area contributed by atoms with Gasteiger partial charge in [-0.2, -0.15) is 0 Å². The Kier molecular flexibility index (Phi) is 4.34. The average Bonchev–Trinajstić information content (AvgIpc) is 3.10. The van der Waals surface area contributed by atoms with Crippen LogP contribution in [0.2, 0.25) is 0 Å². The van der Waals surface area contributed by atoms with Gasteiger partial charge < -0.3 is 15.0 Å². The van der Waals surface area contributed by atoms with Gasteiger partial charge in [0.25, 0.3) is 0 Å². The van der Waals surface area contributed by atoms with Crippen LogP contribution in [0.5, 0.6) is 5.75 Å². The van der Waals surface area contributed by atoms with Gasteiger partial charge in [-0.15, -0.1) is 0 Å². The van der Waals surface area contributed by atoms with Gasteiger partial charge in [-0.25, -0.2) is 9.97 Å². The summed E-state index contributed by atoms with van der Waals surface area (Å²) in [4.78, 5) is 12.0. The van der Waals surface area contributed by atoms with Crippen LogP contribution in [-0.4, -0.2) is 36.1 Å². The molecule has 1 N–H and O–H groups in total. The van der Waals surface area contributed by atoms with Crippen LogP contribution in [0.3, 0.4) is 0 Å². The molecule has 0 unspecified atom stereocenters. The minimum atomic E-state index is 0.426. The molecule has 1 saturated heterocycles. The zero-order chi connectivity index (χ0) is 16.4. The summed E-state index contributed by atoms with van der Waals surface area (Å²) < 4.78 is 5.89. The molecule has 0 spiro atoms. The Labute approximate surface area is 143 Å². The van der Waals surface area contributed by atoms with Crippen LogP contribution in [0.4, 0.5) is 5.82 Å². The van der Waals surface area contributed by atoms with Gasteiger partial charge in [-0.3, -0.25) is 0 Å². The monoisotopic (exact) mass is 324 g/mol. The lowest BCUT2D eigenvalue weighted by Crippen LogP contribution is -2.44. The number of ether oxygens (including phenoxy) is 1. The third-order valence-corrected chi connectivity index (χ3v) is 4.76. The molecule has 5 heteroatoms. The highest BCUT2D eigenvalue weighted by molar-refractivity contribution is 5.51. The third kappa shape index (κ3) is 3.22. The lowest BCUT2D eigenvalue weighted by atomic mass is 10.2. The van der Waals surface area contributed by atoms with Crippen molar-refractivity contribution in [3.05, 3.63) is 46.9 Å². The number of anilines is 1. The predicted octanol–water partition coefficient (Wildman–Crippen LogP) is 2.26. The standard InChI is InChI=1S/C19H24N4O/c1-14-5-7-15(8-6-14)24-13-18-21-17-4-2-3-16(17)19(22-18)23-11-9-20-10-12-23/h5-8,20H,2-4,9-13H2,1H3. The largest absolute Gasteiger partial charge is 0.486 e. The number of fused-ring (bicyclic) bond motifs is 1. The molecule has 1 aliphatic carbocycles. The molecule has 2 aliphatic rings. The summed E-state index contributed by atoms with van der Waals surface area (Å²) in [5.74, 6) is 2.81. The van der Waals surface area contributed by atoms with Crippen LogP contribution in [-0.2, 0) is 19.4 Å². The molecular formula is C19H24N4O. The zero-order valence-corrected chi connectivity index (χ0v) is 14.2. The minimum absolute atomic E-state index is 0.426. The quantitative estimate of drug-likeness (QED) is 0.935. The van der Waals surface area contributed by atoms with Gasteiger partial charge in [0.1, 0.15) is 18.2 Å². The van der Waals surface area contributed by atoms with Crippen molar-refractivity contribution in [2.45, 2.75) is 32.8 Å². The van der Waals surface area contributed by atoms with Crippen molar-refractivity contribution in [2.24, 2.45) is 0 Å². The van der Waals surface area contributed by atoms with Crippen LogP contribution in [0.1, 0.15) is 29.1 Å². The number of benzene rings is 1. The van der Waals surface area contributed by atoms with Gasteiger partial charge in [0, 0.05) is 37.4 Å². The topological polar surface area (TPSA) is 50.3 Å². The molecule has 2 aromatic rings. The summed E-state index contributed by atoms with van der Waals surface area (Å²) in [5, 5.41) is 3.41. The third-order valence-electron chi connectivity index (χ3n) is 4.76. The van der Waals surface area contributed by atoms with Gasteiger partial charge in [-0.05, 0) is 38.3 Å². The summed E-state index contributed by atoms with van der Waals surface area (Å²) in [5.41, 5.74) is 3.81. The van der Waals surface area contributed by atoms with Gasteiger partial charge >= 0.3 is 0 Å². The van der Waals surface area contributed by atoms with Crippen molar-refractivity contribution in [2.75, 3.05) is 31.1 Å². The van der Waals surface area contributed by atoms with Crippen molar-refractivity contribution in [1.82, 2.24) is 15.3 Å². The molecule has 0 amide bonds. The highest BCUT2D eigenvalue weighted by atomic mass is 16.5. The molecular weight excluding hydrogens is 300 g/mol. The molecule has 1 aromatic heterocycles. The first-order valence-corrected chi connectivity index (χ1v) is 8.83. The molecule has 0 saturated carbocycles. The first-order chi connectivity index (χ1) is 11.8. The summed E-state index contributed by atoms with van der Waals surface area (Å²) in [7, 11) is 0. The molecule has 0 atom stereocenters. The summed E-state index contributed by atoms with van der Waals surface area (Å²) in [6.45, 7) is 6.58. The van der Waals surface area contributed by atoms with Crippen LogP contribution < -0.4 is 15.0 Å². The first-order valence-electron chi connectivity index (χ1n) is 8.83. The van der Waals surface area contributed by atoms with E-state index in [1.807, 2.05) is 12.1 Å². The van der Waals surface area contributed by atoms with E-state index in [1.54, 1.807) is 0 Å². The van der Waals surface area contributed by atoms with Gasteiger partial charge in [-0.1, -0.05) is 17.7 Å². The maximum Gasteiger partial charge on any atom is 0.168 e. The minimum Gasteiger partial charge on any atom is -0.486 e. The number of nitrogens with one attached hydrogen (secondary N) is 1. The number of nitrogens with zero attached hydrogens (tertiary/aromatic N) is 3. The summed E-state index contributed by atoms with van der Waals surface area (Å²) in [6.07, 6.45) is 3.35. The molecule has 24 heavy (non-hydrogen) atoms. The van der Waals surface area contributed by atoms with Crippen molar-refractivity contribution < 1.29 is 4.74 Å². The molecule has 1 aromatic carbocycles.